The lowest BCUT2D eigenvalue weighted by molar-refractivity contribution is -0.134. The van der Waals surface area contributed by atoms with Gasteiger partial charge in [-0.25, -0.2) is 5.43 Å². The fourth-order valence-corrected chi connectivity index (χ4v) is 2.02. The second kappa shape index (κ2) is 6.31. The van der Waals surface area contributed by atoms with E-state index in [-0.39, 0.29) is 31.4 Å². The highest BCUT2D eigenvalue weighted by atomic mass is 16.3. The summed E-state index contributed by atoms with van der Waals surface area (Å²) in [5, 5.41) is 9.06. The van der Waals surface area contributed by atoms with E-state index in [0.29, 0.717) is 6.54 Å². The van der Waals surface area contributed by atoms with Crippen molar-refractivity contribution in [3.05, 3.63) is 35.9 Å². The summed E-state index contributed by atoms with van der Waals surface area (Å²) in [5.41, 5.74) is 6.06. The molecule has 0 spiro atoms. The van der Waals surface area contributed by atoms with Crippen LogP contribution in [0.2, 0.25) is 0 Å². The summed E-state index contributed by atoms with van der Waals surface area (Å²) < 4.78 is 0. The van der Waals surface area contributed by atoms with Gasteiger partial charge in [0.05, 0.1) is 13.0 Å². The van der Waals surface area contributed by atoms with Gasteiger partial charge in [-0.2, -0.15) is 0 Å². The zero-order chi connectivity index (χ0) is 13.7. The molecule has 1 aromatic rings. The van der Waals surface area contributed by atoms with Gasteiger partial charge in [-0.1, -0.05) is 30.3 Å². The minimum atomic E-state index is -0.553. The molecule has 1 aliphatic rings. The molecule has 1 fully saturated rings. The number of rotatable bonds is 5. The van der Waals surface area contributed by atoms with Crippen molar-refractivity contribution in [2.24, 2.45) is 0 Å². The SMILES string of the molecule is O=C1CC(C(=O)N(CCO)Cc2ccccc2)NN1. The molecule has 6 heteroatoms. The van der Waals surface area contributed by atoms with Gasteiger partial charge >= 0.3 is 0 Å². The Morgan fingerprint density at radius 1 is 1.37 bits per heavy atom. The Bertz CT molecular complexity index is 450. The number of nitrogens with one attached hydrogen (secondary N) is 2. The monoisotopic (exact) mass is 263 g/mol. The third-order valence-corrected chi connectivity index (χ3v) is 2.97. The second-order valence-corrected chi connectivity index (χ2v) is 4.42. The van der Waals surface area contributed by atoms with E-state index in [0.717, 1.165) is 5.56 Å². The number of hydrogen-bond donors (Lipinski definition) is 3. The van der Waals surface area contributed by atoms with E-state index < -0.39 is 6.04 Å². The quantitative estimate of drug-likeness (QED) is 0.662. The second-order valence-electron chi connectivity index (χ2n) is 4.42. The van der Waals surface area contributed by atoms with Crippen LogP contribution in [0.3, 0.4) is 0 Å². The van der Waals surface area contributed by atoms with Crippen molar-refractivity contribution in [1.82, 2.24) is 15.8 Å². The highest BCUT2D eigenvalue weighted by Gasteiger charge is 2.30. The van der Waals surface area contributed by atoms with Gasteiger partial charge in [0.25, 0.3) is 0 Å². The summed E-state index contributed by atoms with van der Waals surface area (Å²) in [6.07, 6.45) is 0.134. The summed E-state index contributed by atoms with van der Waals surface area (Å²) in [7, 11) is 0. The molecule has 19 heavy (non-hydrogen) atoms. The topological polar surface area (TPSA) is 81.7 Å². The average Bonchev–Trinajstić information content (AvgIpc) is 2.85. The lowest BCUT2D eigenvalue weighted by Gasteiger charge is -2.24. The molecule has 1 heterocycles. The number of hydrazine groups is 1. The molecule has 1 saturated heterocycles. The normalized spacial score (nSPS) is 18.2. The first-order valence-electron chi connectivity index (χ1n) is 6.18. The molecular formula is C13H17N3O3. The summed E-state index contributed by atoms with van der Waals surface area (Å²) in [6.45, 7) is 0.569. The highest BCUT2D eigenvalue weighted by Crippen LogP contribution is 2.09. The molecule has 1 unspecified atom stereocenters. The third-order valence-electron chi connectivity index (χ3n) is 2.97. The van der Waals surface area contributed by atoms with Crippen LogP contribution in [0, 0.1) is 0 Å². The number of carbonyl (C=O) groups is 2. The van der Waals surface area contributed by atoms with E-state index in [2.05, 4.69) is 10.9 Å². The van der Waals surface area contributed by atoms with Gasteiger partial charge in [0.15, 0.2) is 0 Å². The molecular weight excluding hydrogens is 246 g/mol. The lowest BCUT2D eigenvalue weighted by Crippen LogP contribution is -2.46. The predicted molar refractivity (Wildman–Crippen MR) is 68.6 cm³/mol. The Morgan fingerprint density at radius 2 is 2.11 bits per heavy atom. The van der Waals surface area contributed by atoms with Crippen LogP contribution in [0.15, 0.2) is 30.3 Å². The first-order valence-corrected chi connectivity index (χ1v) is 6.18. The molecule has 1 aliphatic heterocycles. The van der Waals surface area contributed by atoms with Crippen molar-refractivity contribution in [2.75, 3.05) is 13.2 Å². The zero-order valence-corrected chi connectivity index (χ0v) is 10.5. The van der Waals surface area contributed by atoms with Crippen LogP contribution in [0.5, 0.6) is 0 Å². The van der Waals surface area contributed by atoms with Gasteiger partial charge in [0, 0.05) is 13.1 Å². The number of carbonyl (C=O) groups excluding carboxylic acids is 2. The highest BCUT2D eigenvalue weighted by molar-refractivity contribution is 5.90. The molecule has 0 saturated carbocycles. The Hall–Kier alpha value is -1.92. The molecule has 2 rings (SSSR count). The van der Waals surface area contributed by atoms with Gasteiger partial charge in [0.2, 0.25) is 11.8 Å². The fraction of sp³-hybridized carbons (Fsp3) is 0.385. The average molecular weight is 263 g/mol. The Balaban J connectivity index is 2.02. The molecule has 2 amide bonds. The standard InChI is InChI=1S/C13H17N3O3/c17-7-6-16(9-10-4-2-1-3-5-10)13(19)11-8-12(18)15-14-11/h1-5,11,14,17H,6-9H2,(H,15,18). The molecule has 0 bridgehead atoms. The maximum Gasteiger partial charge on any atom is 0.242 e. The van der Waals surface area contributed by atoms with Crippen LogP contribution < -0.4 is 10.9 Å². The summed E-state index contributed by atoms with van der Waals surface area (Å²) >= 11 is 0. The molecule has 6 nitrogen and oxygen atoms in total. The van der Waals surface area contributed by atoms with E-state index in [1.54, 1.807) is 4.90 Å². The zero-order valence-electron chi connectivity index (χ0n) is 10.5. The number of nitrogens with zero attached hydrogens (tertiary/aromatic N) is 1. The van der Waals surface area contributed by atoms with E-state index in [1.807, 2.05) is 30.3 Å². The van der Waals surface area contributed by atoms with Crippen LogP contribution in [-0.2, 0) is 16.1 Å². The van der Waals surface area contributed by atoms with E-state index in [4.69, 9.17) is 5.11 Å². The first kappa shape index (κ1) is 13.5. The van der Waals surface area contributed by atoms with Crippen LogP contribution >= 0.6 is 0 Å². The van der Waals surface area contributed by atoms with Crippen LogP contribution in [0.1, 0.15) is 12.0 Å². The molecule has 1 aromatic carbocycles. The number of benzene rings is 1. The van der Waals surface area contributed by atoms with Crippen molar-refractivity contribution in [3.63, 3.8) is 0 Å². The Morgan fingerprint density at radius 3 is 2.68 bits per heavy atom. The number of amides is 2. The molecule has 3 N–H and O–H groups in total. The number of aliphatic hydroxyl groups is 1. The molecule has 0 radical (unpaired) electrons. The van der Waals surface area contributed by atoms with Crippen molar-refractivity contribution < 1.29 is 14.7 Å². The summed E-state index contributed by atoms with van der Waals surface area (Å²) in [4.78, 5) is 24.9. The van der Waals surface area contributed by atoms with Crippen molar-refractivity contribution in [1.29, 1.82) is 0 Å². The van der Waals surface area contributed by atoms with Gasteiger partial charge in [-0.05, 0) is 5.56 Å². The number of hydrogen-bond acceptors (Lipinski definition) is 4. The van der Waals surface area contributed by atoms with Crippen LogP contribution in [-0.4, -0.2) is 41.0 Å². The van der Waals surface area contributed by atoms with Gasteiger partial charge in [0.1, 0.15) is 6.04 Å². The third kappa shape index (κ3) is 3.52. The smallest absolute Gasteiger partial charge is 0.242 e. The van der Waals surface area contributed by atoms with Crippen molar-refractivity contribution in [2.45, 2.75) is 19.0 Å². The maximum absolute atomic E-state index is 12.2. The Kier molecular flexibility index (Phi) is 4.48. The minimum Gasteiger partial charge on any atom is -0.395 e. The maximum atomic E-state index is 12.2. The van der Waals surface area contributed by atoms with Gasteiger partial charge in [-0.15, -0.1) is 0 Å². The van der Waals surface area contributed by atoms with E-state index in [9.17, 15) is 9.59 Å². The molecule has 102 valence electrons. The fourth-order valence-electron chi connectivity index (χ4n) is 2.02. The first-order chi connectivity index (χ1) is 9.20. The molecule has 1 atom stereocenters. The van der Waals surface area contributed by atoms with Gasteiger partial charge in [-0.3, -0.25) is 15.0 Å². The summed E-state index contributed by atoms with van der Waals surface area (Å²) in [5.74, 6) is -0.377. The molecule has 0 aromatic heterocycles. The van der Waals surface area contributed by atoms with Crippen LogP contribution in [0.25, 0.3) is 0 Å². The lowest BCUT2D eigenvalue weighted by atomic mass is 10.1. The van der Waals surface area contributed by atoms with Crippen molar-refractivity contribution >= 4 is 11.8 Å². The Labute approximate surface area is 111 Å². The predicted octanol–water partition coefficient (Wildman–Crippen LogP) is -0.599. The van der Waals surface area contributed by atoms with E-state index >= 15 is 0 Å². The number of aliphatic hydroxyl groups excluding tert-OH is 1. The minimum absolute atomic E-state index is 0.104. The van der Waals surface area contributed by atoms with Crippen LogP contribution in [0.4, 0.5) is 0 Å². The van der Waals surface area contributed by atoms with E-state index in [1.165, 1.54) is 0 Å². The largest absolute Gasteiger partial charge is 0.395 e. The van der Waals surface area contributed by atoms with Gasteiger partial charge < -0.3 is 10.0 Å². The molecule has 0 aliphatic carbocycles. The van der Waals surface area contributed by atoms with Crippen molar-refractivity contribution in [3.8, 4) is 0 Å². The summed E-state index contributed by atoms with van der Waals surface area (Å²) in [6, 6.07) is 8.99.